The van der Waals surface area contributed by atoms with Crippen LogP contribution in [0.15, 0.2) is 119 Å². The first-order chi connectivity index (χ1) is 29.1. The Morgan fingerprint density at radius 3 is 2.22 bits per heavy atom. The number of benzene rings is 4. The molecule has 1 saturated heterocycles. The molecule has 1 fully saturated rings. The Labute approximate surface area is 347 Å². The number of phenolic OH excluding ortho intramolecular Hbond substituents is 1. The second-order valence-electron chi connectivity index (χ2n) is 13.5. The van der Waals surface area contributed by atoms with Crippen LogP contribution in [0.1, 0.15) is 46.9 Å². The van der Waals surface area contributed by atoms with E-state index in [1.807, 2.05) is 84.9 Å². The molecular formula is C44H44N5O10P. The molecule has 0 aliphatic carbocycles. The zero-order chi connectivity index (χ0) is 42.5. The van der Waals surface area contributed by atoms with Crippen LogP contribution in [0.3, 0.4) is 0 Å². The van der Waals surface area contributed by atoms with Crippen molar-refractivity contribution in [2.24, 2.45) is 5.50 Å². The fourth-order valence-corrected chi connectivity index (χ4v) is 7.51. The maximum Gasteiger partial charge on any atom is 0.330 e. The van der Waals surface area contributed by atoms with Gasteiger partial charge in [-0.3, -0.25) is 24.6 Å². The molecule has 1 amide bonds. The number of aromatic nitrogens is 2. The number of hydrogen-bond acceptors (Lipinski definition) is 12. The molecule has 4 aromatic carbocycles. The number of ether oxygens (including phenoxy) is 4. The monoisotopic (exact) mass is 833 g/mol. The normalized spacial score (nSPS) is 16.5. The average Bonchev–Trinajstić information content (AvgIpc) is 3.66. The van der Waals surface area contributed by atoms with Gasteiger partial charge in [-0.1, -0.05) is 78.6 Å². The smallest absolute Gasteiger partial charge is 0.330 e. The van der Waals surface area contributed by atoms with Crippen molar-refractivity contribution in [3.05, 3.63) is 158 Å². The van der Waals surface area contributed by atoms with Crippen LogP contribution >= 0.6 is 8.53 Å². The van der Waals surface area contributed by atoms with Gasteiger partial charge in [0.1, 0.15) is 40.7 Å². The highest BCUT2D eigenvalue weighted by molar-refractivity contribution is 7.44. The molecule has 0 radical (unpaired) electrons. The van der Waals surface area contributed by atoms with Crippen LogP contribution in [-0.2, 0) is 35.3 Å². The Kier molecular flexibility index (Phi) is 14.9. The minimum Gasteiger partial charge on any atom is -0.508 e. The summed E-state index contributed by atoms with van der Waals surface area (Å²) in [5, 5.41) is 21.2. The summed E-state index contributed by atoms with van der Waals surface area (Å²) in [6.45, 7) is -0.0894. The van der Waals surface area contributed by atoms with Gasteiger partial charge in [-0.05, 0) is 58.7 Å². The summed E-state index contributed by atoms with van der Waals surface area (Å²) in [4.78, 5) is 40.9. The van der Waals surface area contributed by atoms with Crippen LogP contribution in [-0.4, -0.2) is 66.8 Å². The summed E-state index contributed by atoms with van der Waals surface area (Å²) in [5.41, 5.74) is 6.65. The number of aromatic amines is 1. The van der Waals surface area contributed by atoms with Gasteiger partial charge in [-0.15, -0.1) is 0 Å². The summed E-state index contributed by atoms with van der Waals surface area (Å²) >= 11 is 0. The molecule has 5 aromatic rings. The molecule has 2 unspecified atom stereocenters. The molecule has 5 N–H and O–H groups in total. The highest BCUT2D eigenvalue weighted by Gasteiger charge is 2.44. The Bertz CT molecular complexity index is 2380. The number of aromatic hydroxyl groups is 1. The van der Waals surface area contributed by atoms with Crippen molar-refractivity contribution >= 4 is 14.4 Å². The SMILES string of the molecule is COc1ccc(C(OC[C@H]2O[C@@H](n3cc(C#CCNC(=O)Cc4ccc(O)cc4)c(=O)[nH]c3=O)CC2OP(N)OCCC#N)(c2ccccc2)c2ccc(OC)cc2)cc1. The zero-order valence-electron chi connectivity index (χ0n) is 32.9. The molecule has 0 spiro atoms. The number of H-pyrrole nitrogens is 1. The molecule has 310 valence electrons. The Balaban J connectivity index is 1.29. The van der Waals surface area contributed by atoms with Gasteiger partial charge in [-0.25, -0.2) is 4.79 Å². The number of amides is 1. The van der Waals surface area contributed by atoms with E-state index in [2.05, 4.69) is 22.1 Å². The number of carbonyl (C=O) groups excluding carboxylic acids is 1. The van der Waals surface area contributed by atoms with Gasteiger partial charge < -0.3 is 38.4 Å². The van der Waals surface area contributed by atoms with Crippen molar-refractivity contribution in [1.29, 1.82) is 5.26 Å². The first kappa shape index (κ1) is 43.3. The largest absolute Gasteiger partial charge is 0.508 e. The van der Waals surface area contributed by atoms with Gasteiger partial charge in [-0.2, -0.15) is 5.26 Å². The van der Waals surface area contributed by atoms with Crippen LogP contribution in [0.4, 0.5) is 0 Å². The molecule has 6 rings (SSSR count). The summed E-state index contributed by atoms with van der Waals surface area (Å²) in [5.74, 6) is 6.60. The number of carbonyl (C=O) groups is 1. The van der Waals surface area contributed by atoms with Gasteiger partial charge >= 0.3 is 5.69 Å². The van der Waals surface area contributed by atoms with Gasteiger partial charge in [0.2, 0.25) is 5.91 Å². The van der Waals surface area contributed by atoms with Crippen molar-refractivity contribution in [1.82, 2.24) is 14.9 Å². The Morgan fingerprint density at radius 1 is 0.967 bits per heavy atom. The number of nitrogens with two attached hydrogens (primary N) is 1. The van der Waals surface area contributed by atoms with Gasteiger partial charge in [0, 0.05) is 12.6 Å². The van der Waals surface area contributed by atoms with Crippen molar-refractivity contribution in [3.8, 4) is 35.2 Å². The fourth-order valence-electron chi connectivity index (χ4n) is 6.69. The number of methoxy groups -OCH3 is 2. The van der Waals surface area contributed by atoms with E-state index in [9.17, 15) is 19.5 Å². The highest BCUT2D eigenvalue weighted by atomic mass is 31.2. The number of nitrogens with one attached hydrogen (secondary N) is 2. The number of nitriles is 1. The maximum atomic E-state index is 13.3. The topological polar surface area (TPSA) is 209 Å². The van der Waals surface area contributed by atoms with Gasteiger partial charge in [0.25, 0.3) is 14.1 Å². The molecule has 60 heavy (non-hydrogen) atoms. The first-order valence-electron chi connectivity index (χ1n) is 18.9. The summed E-state index contributed by atoms with van der Waals surface area (Å²) in [7, 11) is 1.21. The van der Waals surface area contributed by atoms with E-state index < -0.39 is 43.8 Å². The third-order valence-electron chi connectivity index (χ3n) is 9.67. The minimum atomic E-state index is -1.98. The van der Waals surface area contributed by atoms with Crippen molar-refractivity contribution in [3.63, 3.8) is 0 Å². The summed E-state index contributed by atoms with van der Waals surface area (Å²) < 4.78 is 37.6. The number of nitrogens with zero attached hydrogens (tertiary/aromatic N) is 2. The molecule has 1 aliphatic heterocycles. The molecule has 15 nitrogen and oxygen atoms in total. The van der Waals surface area contributed by atoms with E-state index in [1.54, 1.807) is 26.4 Å². The van der Waals surface area contributed by atoms with E-state index in [4.69, 9.17) is 38.8 Å². The fraction of sp³-hybridized carbons (Fsp3) is 0.273. The predicted molar refractivity (Wildman–Crippen MR) is 222 cm³/mol. The second-order valence-corrected chi connectivity index (χ2v) is 14.5. The third kappa shape index (κ3) is 10.7. The average molecular weight is 834 g/mol. The molecule has 16 heteroatoms. The maximum absolute atomic E-state index is 13.3. The molecule has 2 heterocycles. The molecule has 1 aromatic heterocycles. The number of phenols is 1. The van der Waals surface area contributed by atoms with Crippen LogP contribution in [0.25, 0.3) is 0 Å². The standard InChI is InChI=1S/C44H44N5O10P/c1-54-36-19-13-33(14-20-36)44(32-9-4-3-5-10-32,34-15-21-37(55-2)22-16-34)56-29-39-38(59-60(46)57-25-7-23-45)27-41(58-39)49-28-31(42(52)48-43(49)53)8-6-24-47-40(51)26-30-11-17-35(50)18-12-30/h3-5,9-22,28,38-39,41,50H,7,24-27,29,46H2,1-2H3,(H,47,51)(H,48,52,53)/t38?,39-,41-,60?/m1/s1. The molecule has 1 aliphatic rings. The Hall–Kier alpha value is -6.29. The van der Waals surface area contributed by atoms with Crippen molar-refractivity contribution in [2.45, 2.75) is 43.3 Å². The predicted octanol–water partition coefficient (Wildman–Crippen LogP) is 4.77. The zero-order valence-corrected chi connectivity index (χ0v) is 33.8. The lowest BCUT2D eigenvalue weighted by atomic mass is 9.80. The van der Waals surface area contributed by atoms with E-state index in [0.717, 1.165) is 16.7 Å². The van der Waals surface area contributed by atoms with Gasteiger partial charge in [0.15, 0.2) is 0 Å². The van der Waals surface area contributed by atoms with E-state index in [0.29, 0.717) is 17.1 Å². The number of hydrogen-bond donors (Lipinski definition) is 4. The molecule has 0 saturated carbocycles. The molecule has 0 bridgehead atoms. The minimum absolute atomic E-state index is 0.0360. The quantitative estimate of drug-likeness (QED) is 0.0433. The lowest BCUT2D eigenvalue weighted by Crippen LogP contribution is -2.38. The van der Waals surface area contributed by atoms with E-state index >= 15 is 0 Å². The van der Waals surface area contributed by atoms with Crippen LogP contribution in [0.5, 0.6) is 17.2 Å². The van der Waals surface area contributed by atoms with E-state index in [-0.39, 0.29) is 56.2 Å². The van der Waals surface area contributed by atoms with Crippen LogP contribution in [0, 0.1) is 23.2 Å². The number of rotatable bonds is 17. The first-order valence-corrected chi connectivity index (χ1v) is 20.1. The van der Waals surface area contributed by atoms with Crippen molar-refractivity contribution in [2.75, 3.05) is 34.0 Å². The third-order valence-corrected chi connectivity index (χ3v) is 10.6. The lowest BCUT2D eigenvalue weighted by molar-refractivity contribution is -0.120. The molecule has 4 atom stereocenters. The summed E-state index contributed by atoms with van der Waals surface area (Å²) in [6, 6.07) is 33.0. The van der Waals surface area contributed by atoms with Crippen LogP contribution < -0.4 is 31.5 Å². The summed E-state index contributed by atoms with van der Waals surface area (Å²) in [6.07, 6.45) is -0.991. The van der Waals surface area contributed by atoms with Gasteiger partial charge in [0.05, 0.1) is 59.0 Å². The second kappa shape index (κ2) is 20.6. The van der Waals surface area contributed by atoms with Crippen LogP contribution in [0.2, 0.25) is 0 Å². The highest BCUT2D eigenvalue weighted by Crippen LogP contribution is 2.44. The lowest BCUT2D eigenvalue weighted by Gasteiger charge is -2.37. The van der Waals surface area contributed by atoms with E-state index in [1.165, 1.54) is 22.9 Å². The Morgan fingerprint density at radius 2 is 1.60 bits per heavy atom. The molecular weight excluding hydrogens is 789 g/mol. The van der Waals surface area contributed by atoms with Crippen molar-refractivity contribution < 1.29 is 37.9 Å².